The van der Waals surface area contributed by atoms with Crippen LogP contribution < -0.4 is 4.74 Å². The van der Waals surface area contributed by atoms with E-state index in [0.29, 0.717) is 19.6 Å². The van der Waals surface area contributed by atoms with E-state index in [9.17, 15) is 4.79 Å². The molecule has 4 heteroatoms. The Bertz CT molecular complexity index is 577. The largest absolute Gasteiger partial charge is 0.493 e. The van der Waals surface area contributed by atoms with Crippen LogP contribution in [0.5, 0.6) is 5.75 Å². The van der Waals surface area contributed by atoms with E-state index in [-0.39, 0.29) is 5.91 Å². The molecule has 20 heavy (non-hydrogen) atoms. The van der Waals surface area contributed by atoms with Gasteiger partial charge in [0.05, 0.1) is 19.6 Å². The highest BCUT2D eigenvalue weighted by atomic mass is 16.5. The Kier molecular flexibility index (Phi) is 3.72. The molecule has 0 atom stereocenters. The summed E-state index contributed by atoms with van der Waals surface area (Å²) in [6, 6.07) is 13.7. The topological polar surface area (TPSA) is 34.5 Å². The van der Waals surface area contributed by atoms with Gasteiger partial charge in [-0.3, -0.25) is 4.79 Å². The van der Waals surface area contributed by atoms with Crippen LogP contribution in [0.1, 0.15) is 12.1 Å². The van der Waals surface area contributed by atoms with E-state index in [1.807, 2.05) is 41.3 Å². The van der Waals surface area contributed by atoms with Crippen molar-refractivity contribution < 1.29 is 9.53 Å². The van der Waals surface area contributed by atoms with Gasteiger partial charge in [0.1, 0.15) is 5.75 Å². The van der Waals surface area contributed by atoms with Gasteiger partial charge >= 0.3 is 0 Å². The van der Waals surface area contributed by atoms with Gasteiger partial charge in [-0.1, -0.05) is 18.2 Å². The van der Waals surface area contributed by atoms with Gasteiger partial charge in [-0.15, -0.1) is 0 Å². The zero-order valence-corrected chi connectivity index (χ0v) is 11.4. The monoisotopic (exact) mass is 270 g/mol. The first-order valence-corrected chi connectivity index (χ1v) is 6.92. The SMILES string of the molecule is O=C(CCOc1ccccc1)N1CCn2cccc2C1. The highest BCUT2D eigenvalue weighted by molar-refractivity contribution is 5.76. The van der Waals surface area contributed by atoms with Crippen molar-refractivity contribution in [3.8, 4) is 5.75 Å². The van der Waals surface area contributed by atoms with Crippen molar-refractivity contribution in [2.45, 2.75) is 19.5 Å². The van der Waals surface area contributed by atoms with Crippen molar-refractivity contribution in [3.63, 3.8) is 0 Å². The lowest BCUT2D eigenvalue weighted by atomic mass is 10.2. The number of hydrogen-bond donors (Lipinski definition) is 0. The van der Waals surface area contributed by atoms with Crippen LogP contribution >= 0.6 is 0 Å². The molecule has 0 unspecified atom stereocenters. The molecule has 0 radical (unpaired) electrons. The Labute approximate surface area is 118 Å². The van der Waals surface area contributed by atoms with Gasteiger partial charge in [-0.2, -0.15) is 0 Å². The maximum atomic E-state index is 12.2. The summed E-state index contributed by atoms with van der Waals surface area (Å²) in [5, 5.41) is 0. The lowest BCUT2D eigenvalue weighted by Gasteiger charge is -2.28. The number of rotatable bonds is 4. The van der Waals surface area contributed by atoms with Crippen molar-refractivity contribution in [1.82, 2.24) is 9.47 Å². The Morgan fingerprint density at radius 3 is 2.80 bits per heavy atom. The van der Waals surface area contributed by atoms with E-state index >= 15 is 0 Å². The third kappa shape index (κ3) is 2.85. The lowest BCUT2D eigenvalue weighted by Crippen LogP contribution is -2.38. The quantitative estimate of drug-likeness (QED) is 0.854. The molecule has 0 fully saturated rings. The number of amides is 1. The average molecular weight is 270 g/mol. The van der Waals surface area contributed by atoms with Gasteiger partial charge in [-0.05, 0) is 24.3 Å². The summed E-state index contributed by atoms with van der Waals surface area (Å²) in [5.41, 5.74) is 1.20. The smallest absolute Gasteiger partial charge is 0.226 e. The standard InChI is InChI=1S/C16H18N2O2/c19-16(8-12-20-15-6-2-1-3-7-15)18-11-10-17-9-4-5-14(17)13-18/h1-7,9H,8,10-13H2. The van der Waals surface area contributed by atoms with Gasteiger partial charge in [0.2, 0.25) is 5.91 Å². The van der Waals surface area contributed by atoms with E-state index in [0.717, 1.165) is 18.8 Å². The highest BCUT2D eigenvalue weighted by Gasteiger charge is 2.19. The van der Waals surface area contributed by atoms with Crippen molar-refractivity contribution in [1.29, 1.82) is 0 Å². The van der Waals surface area contributed by atoms with Crippen LogP contribution in [0, 0.1) is 0 Å². The van der Waals surface area contributed by atoms with Crippen LogP contribution in [0.25, 0.3) is 0 Å². The molecule has 4 nitrogen and oxygen atoms in total. The Balaban J connectivity index is 1.48. The number of ether oxygens (including phenoxy) is 1. The van der Waals surface area contributed by atoms with Gasteiger partial charge in [0.25, 0.3) is 0 Å². The molecule has 0 bridgehead atoms. The number of carbonyl (C=O) groups is 1. The molecule has 104 valence electrons. The number of carbonyl (C=O) groups excluding carboxylic acids is 1. The minimum Gasteiger partial charge on any atom is -0.493 e. The molecule has 2 heterocycles. The fourth-order valence-corrected chi connectivity index (χ4v) is 2.46. The second kappa shape index (κ2) is 5.82. The normalized spacial score (nSPS) is 13.9. The summed E-state index contributed by atoms with van der Waals surface area (Å²) in [6.45, 7) is 2.80. The number of aromatic nitrogens is 1. The van der Waals surface area contributed by atoms with Gasteiger partial charge in [0, 0.05) is 25.0 Å². The maximum absolute atomic E-state index is 12.2. The second-order valence-corrected chi connectivity index (χ2v) is 4.92. The van der Waals surface area contributed by atoms with Crippen molar-refractivity contribution in [2.75, 3.05) is 13.2 Å². The van der Waals surface area contributed by atoms with Crippen LogP contribution in [0.2, 0.25) is 0 Å². The van der Waals surface area contributed by atoms with E-state index in [1.54, 1.807) is 0 Å². The predicted molar refractivity (Wildman–Crippen MR) is 76.4 cm³/mol. The summed E-state index contributed by atoms with van der Waals surface area (Å²) in [6.07, 6.45) is 2.49. The lowest BCUT2D eigenvalue weighted by molar-refractivity contribution is -0.133. The minimum atomic E-state index is 0.161. The Morgan fingerprint density at radius 1 is 1.10 bits per heavy atom. The average Bonchev–Trinajstić information content (AvgIpc) is 2.95. The van der Waals surface area contributed by atoms with Crippen LogP contribution in [-0.2, 0) is 17.9 Å². The van der Waals surface area contributed by atoms with E-state index < -0.39 is 0 Å². The molecule has 1 aromatic heterocycles. The molecule has 2 aromatic rings. The molecule has 0 spiro atoms. The summed E-state index contributed by atoms with van der Waals surface area (Å²) >= 11 is 0. The zero-order valence-electron chi connectivity index (χ0n) is 11.4. The van der Waals surface area contributed by atoms with E-state index in [1.165, 1.54) is 5.69 Å². The number of nitrogens with zero attached hydrogens (tertiary/aromatic N) is 2. The third-order valence-electron chi connectivity index (χ3n) is 3.57. The number of hydrogen-bond acceptors (Lipinski definition) is 2. The number of benzene rings is 1. The molecule has 0 aliphatic carbocycles. The molecule has 1 aromatic carbocycles. The number of para-hydroxylation sites is 1. The number of fused-ring (bicyclic) bond motifs is 1. The van der Waals surface area contributed by atoms with Crippen LogP contribution in [0.3, 0.4) is 0 Å². The first kappa shape index (κ1) is 12.8. The van der Waals surface area contributed by atoms with Crippen LogP contribution in [0.15, 0.2) is 48.7 Å². The molecular weight excluding hydrogens is 252 g/mol. The van der Waals surface area contributed by atoms with Crippen molar-refractivity contribution >= 4 is 5.91 Å². The fraction of sp³-hybridized carbons (Fsp3) is 0.312. The molecule has 3 rings (SSSR count). The van der Waals surface area contributed by atoms with Crippen LogP contribution in [-0.4, -0.2) is 28.5 Å². The van der Waals surface area contributed by atoms with E-state index in [2.05, 4.69) is 16.8 Å². The maximum Gasteiger partial charge on any atom is 0.226 e. The minimum absolute atomic E-state index is 0.161. The van der Waals surface area contributed by atoms with Crippen LogP contribution in [0.4, 0.5) is 0 Å². The third-order valence-corrected chi connectivity index (χ3v) is 3.57. The van der Waals surface area contributed by atoms with Crippen molar-refractivity contribution in [2.24, 2.45) is 0 Å². The molecule has 1 aliphatic rings. The molecule has 1 amide bonds. The van der Waals surface area contributed by atoms with Gasteiger partial charge in [-0.25, -0.2) is 0 Å². The second-order valence-electron chi connectivity index (χ2n) is 4.92. The molecule has 0 N–H and O–H groups in total. The molecule has 0 saturated carbocycles. The van der Waals surface area contributed by atoms with Gasteiger partial charge in [0.15, 0.2) is 0 Å². The Morgan fingerprint density at radius 2 is 1.95 bits per heavy atom. The highest BCUT2D eigenvalue weighted by Crippen LogP contribution is 2.14. The van der Waals surface area contributed by atoms with Gasteiger partial charge < -0.3 is 14.2 Å². The Hall–Kier alpha value is -2.23. The molecule has 1 aliphatic heterocycles. The fourth-order valence-electron chi connectivity index (χ4n) is 2.46. The molecule has 0 saturated heterocycles. The zero-order chi connectivity index (χ0) is 13.8. The molecular formula is C16H18N2O2. The predicted octanol–water partition coefficient (Wildman–Crippen LogP) is 2.30. The first-order chi connectivity index (χ1) is 9.83. The summed E-state index contributed by atoms with van der Waals surface area (Å²) in [4.78, 5) is 14.1. The van der Waals surface area contributed by atoms with Crippen molar-refractivity contribution in [3.05, 3.63) is 54.4 Å². The van der Waals surface area contributed by atoms with E-state index in [4.69, 9.17) is 4.74 Å². The summed E-state index contributed by atoms with van der Waals surface area (Å²) in [7, 11) is 0. The summed E-state index contributed by atoms with van der Waals surface area (Å²) < 4.78 is 7.77. The first-order valence-electron chi connectivity index (χ1n) is 6.92. The summed E-state index contributed by atoms with van der Waals surface area (Å²) in [5.74, 6) is 0.973.